The van der Waals surface area contributed by atoms with Crippen LogP contribution in [-0.4, -0.2) is 4.92 Å². The Hall–Kier alpha value is -2.79. The second-order valence-electron chi connectivity index (χ2n) is 5.57. The fraction of sp³-hybridized carbons (Fsp3) is 0.100. The molecule has 3 rings (SSSR count). The van der Waals surface area contributed by atoms with Crippen LogP contribution < -0.4 is 4.74 Å². The molecule has 0 heterocycles. The molecule has 0 radical (unpaired) electrons. The van der Waals surface area contributed by atoms with Gasteiger partial charge in [0.05, 0.1) is 4.92 Å². The van der Waals surface area contributed by atoms with Gasteiger partial charge < -0.3 is 4.74 Å². The maximum Gasteiger partial charge on any atom is 0.269 e. The second kappa shape index (κ2) is 7.85. The lowest BCUT2D eigenvalue weighted by atomic mass is 10.1. The summed E-state index contributed by atoms with van der Waals surface area (Å²) in [6.45, 7) is 2.01. The van der Waals surface area contributed by atoms with Crippen molar-refractivity contribution < 1.29 is 9.66 Å². The molecule has 0 fully saturated rings. The number of thioether (sulfide) groups is 1. The highest BCUT2D eigenvalue weighted by Gasteiger charge is 2.09. The van der Waals surface area contributed by atoms with E-state index >= 15 is 0 Å². The smallest absolute Gasteiger partial charge is 0.269 e. The van der Waals surface area contributed by atoms with Crippen molar-refractivity contribution in [3.63, 3.8) is 0 Å². The molecule has 126 valence electrons. The lowest BCUT2D eigenvalue weighted by Gasteiger charge is -2.12. The molecule has 0 saturated carbocycles. The van der Waals surface area contributed by atoms with Gasteiger partial charge in [-0.25, -0.2) is 0 Å². The Morgan fingerprint density at radius 1 is 1.00 bits per heavy atom. The minimum atomic E-state index is -0.418. The molecule has 0 N–H and O–H groups in total. The standard InChI is InChI=1S/C20H17NO3S/c1-15-7-8-16(14-25-19-5-3-2-4-6-19)20(13-15)24-18-11-9-17(10-12-18)21(22)23/h2-13H,14H2,1H3. The summed E-state index contributed by atoms with van der Waals surface area (Å²) in [7, 11) is 0. The third kappa shape index (κ3) is 4.61. The largest absolute Gasteiger partial charge is 0.457 e. The number of hydrogen-bond donors (Lipinski definition) is 0. The van der Waals surface area contributed by atoms with E-state index in [2.05, 4.69) is 24.3 Å². The van der Waals surface area contributed by atoms with Crippen molar-refractivity contribution in [2.75, 3.05) is 0 Å². The molecular weight excluding hydrogens is 334 g/mol. The van der Waals surface area contributed by atoms with E-state index in [1.54, 1.807) is 23.9 Å². The zero-order valence-electron chi connectivity index (χ0n) is 13.7. The summed E-state index contributed by atoms with van der Waals surface area (Å²) < 4.78 is 5.98. The first-order chi connectivity index (χ1) is 12.1. The van der Waals surface area contributed by atoms with E-state index in [-0.39, 0.29) is 5.69 Å². The number of aryl methyl sites for hydroxylation is 1. The monoisotopic (exact) mass is 351 g/mol. The summed E-state index contributed by atoms with van der Waals surface area (Å²) in [5.74, 6) is 2.14. The van der Waals surface area contributed by atoms with Crippen LogP contribution >= 0.6 is 11.8 Å². The van der Waals surface area contributed by atoms with Crippen LogP contribution in [0, 0.1) is 17.0 Å². The first-order valence-corrected chi connectivity index (χ1v) is 8.80. The van der Waals surface area contributed by atoms with Crippen molar-refractivity contribution in [3.8, 4) is 11.5 Å². The molecule has 3 aromatic rings. The molecule has 0 aliphatic heterocycles. The molecule has 0 unspecified atom stereocenters. The van der Waals surface area contributed by atoms with E-state index in [9.17, 15) is 10.1 Å². The molecule has 0 atom stereocenters. The Labute approximate surface area is 150 Å². The van der Waals surface area contributed by atoms with Gasteiger partial charge in [-0.15, -0.1) is 11.8 Å². The summed E-state index contributed by atoms with van der Waals surface area (Å²) >= 11 is 1.74. The predicted molar refractivity (Wildman–Crippen MR) is 100 cm³/mol. The first-order valence-electron chi connectivity index (χ1n) is 7.81. The Morgan fingerprint density at radius 2 is 1.72 bits per heavy atom. The third-order valence-corrected chi connectivity index (χ3v) is 4.70. The summed E-state index contributed by atoms with van der Waals surface area (Å²) in [5.41, 5.74) is 2.24. The summed E-state index contributed by atoms with van der Waals surface area (Å²) in [4.78, 5) is 11.5. The summed E-state index contributed by atoms with van der Waals surface area (Å²) in [6.07, 6.45) is 0. The SMILES string of the molecule is Cc1ccc(CSc2ccccc2)c(Oc2ccc([N+](=O)[O-])cc2)c1. The van der Waals surface area contributed by atoms with Crippen molar-refractivity contribution in [3.05, 3.63) is 94.0 Å². The molecule has 5 heteroatoms. The van der Waals surface area contributed by atoms with Gasteiger partial charge in [0.15, 0.2) is 0 Å². The van der Waals surface area contributed by atoms with Crippen LogP contribution in [0.3, 0.4) is 0 Å². The number of non-ortho nitro benzene ring substituents is 1. The van der Waals surface area contributed by atoms with Crippen LogP contribution in [0.4, 0.5) is 5.69 Å². The van der Waals surface area contributed by atoms with E-state index in [0.29, 0.717) is 5.75 Å². The number of nitro benzene ring substituents is 1. The number of rotatable bonds is 6. The molecule has 0 bridgehead atoms. The van der Waals surface area contributed by atoms with Crippen LogP contribution in [0.15, 0.2) is 77.7 Å². The van der Waals surface area contributed by atoms with E-state index < -0.39 is 4.92 Å². The number of hydrogen-bond acceptors (Lipinski definition) is 4. The van der Waals surface area contributed by atoms with Gasteiger partial charge in [0, 0.05) is 28.3 Å². The lowest BCUT2D eigenvalue weighted by molar-refractivity contribution is -0.384. The number of nitro groups is 1. The van der Waals surface area contributed by atoms with Gasteiger partial charge in [0.2, 0.25) is 0 Å². The van der Waals surface area contributed by atoms with Crippen molar-refractivity contribution in [2.45, 2.75) is 17.6 Å². The van der Waals surface area contributed by atoms with Crippen LogP contribution in [-0.2, 0) is 5.75 Å². The summed E-state index contributed by atoms with van der Waals surface area (Å²) in [6, 6.07) is 22.4. The van der Waals surface area contributed by atoms with Gasteiger partial charge in [0.1, 0.15) is 11.5 Å². The number of nitrogens with zero attached hydrogens (tertiary/aromatic N) is 1. The lowest BCUT2D eigenvalue weighted by Crippen LogP contribution is -1.92. The highest BCUT2D eigenvalue weighted by molar-refractivity contribution is 7.98. The van der Waals surface area contributed by atoms with Crippen LogP contribution in [0.25, 0.3) is 0 Å². The van der Waals surface area contributed by atoms with Gasteiger partial charge in [-0.05, 0) is 42.8 Å². The average Bonchev–Trinajstić information content (AvgIpc) is 2.62. The quantitative estimate of drug-likeness (QED) is 0.311. The Bertz CT molecular complexity index is 864. The Balaban J connectivity index is 1.78. The maximum atomic E-state index is 10.8. The van der Waals surface area contributed by atoms with E-state index in [1.807, 2.05) is 31.2 Å². The molecule has 0 spiro atoms. The topological polar surface area (TPSA) is 52.4 Å². The number of ether oxygens (including phenoxy) is 1. The summed E-state index contributed by atoms with van der Waals surface area (Å²) in [5, 5.41) is 10.8. The van der Waals surface area contributed by atoms with E-state index in [4.69, 9.17) is 4.74 Å². The molecule has 4 nitrogen and oxygen atoms in total. The first kappa shape index (κ1) is 17.0. The Morgan fingerprint density at radius 3 is 2.40 bits per heavy atom. The predicted octanol–water partition coefficient (Wildman–Crippen LogP) is 5.99. The van der Waals surface area contributed by atoms with Crippen molar-refractivity contribution in [1.82, 2.24) is 0 Å². The van der Waals surface area contributed by atoms with Gasteiger partial charge in [0.25, 0.3) is 5.69 Å². The van der Waals surface area contributed by atoms with Crippen molar-refractivity contribution >= 4 is 17.4 Å². The molecule has 0 aliphatic carbocycles. The second-order valence-corrected chi connectivity index (χ2v) is 6.61. The zero-order chi connectivity index (χ0) is 17.6. The molecule has 25 heavy (non-hydrogen) atoms. The maximum absolute atomic E-state index is 10.8. The van der Waals surface area contributed by atoms with E-state index in [1.165, 1.54) is 17.0 Å². The third-order valence-electron chi connectivity index (χ3n) is 3.64. The van der Waals surface area contributed by atoms with Gasteiger partial charge in [-0.2, -0.15) is 0 Å². The molecule has 0 saturated heterocycles. The fourth-order valence-electron chi connectivity index (χ4n) is 2.32. The molecular formula is C20H17NO3S. The highest BCUT2D eigenvalue weighted by atomic mass is 32.2. The van der Waals surface area contributed by atoms with Crippen molar-refractivity contribution in [1.29, 1.82) is 0 Å². The van der Waals surface area contributed by atoms with Crippen LogP contribution in [0.2, 0.25) is 0 Å². The minimum absolute atomic E-state index is 0.0523. The minimum Gasteiger partial charge on any atom is -0.457 e. The molecule has 0 aliphatic rings. The molecule has 0 aromatic heterocycles. The highest BCUT2D eigenvalue weighted by Crippen LogP contribution is 2.32. The fourth-order valence-corrected chi connectivity index (χ4v) is 3.23. The normalized spacial score (nSPS) is 10.4. The van der Waals surface area contributed by atoms with Crippen molar-refractivity contribution in [2.24, 2.45) is 0 Å². The zero-order valence-corrected chi connectivity index (χ0v) is 14.5. The van der Waals surface area contributed by atoms with Crippen LogP contribution in [0.5, 0.6) is 11.5 Å². The van der Waals surface area contributed by atoms with Gasteiger partial charge >= 0.3 is 0 Å². The van der Waals surface area contributed by atoms with E-state index in [0.717, 1.165) is 22.6 Å². The molecule has 3 aromatic carbocycles. The van der Waals surface area contributed by atoms with Gasteiger partial charge in [-0.3, -0.25) is 10.1 Å². The van der Waals surface area contributed by atoms with Gasteiger partial charge in [-0.1, -0.05) is 30.3 Å². The average molecular weight is 351 g/mol. The number of benzene rings is 3. The van der Waals surface area contributed by atoms with Crippen LogP contribution in [0.1, 0.15) is 11.1 Å². The molecule has 0 amide bonds. The Kier molecular flexibility index (Phi) is 5.36.